The molecule has 1 N–H and O–H groups in total. The molecule has 0 aliphatic heterocycles. The van der Waals surface area contributed by atoms with Gasteiger partial charge in [0, 0.05) is 29.9 Å². The number of likely N-dealkylation sites (N-methyl/N-ethyl adjacent to an activating group) is 1. The topological polar surface area (TPSA) is 52.7 Å². The molecule has 1 atom stereocenters. The van der Waals surface area contributed by atoms with E-state index in [9.17, 15) is 9.59 Å². The molecule has 1 fully saturated rings. The highest BCUT2D eigenvalue weighted by atomic mass is 32.1. The van der Waals surface area contributed by atoms with Gasteiger partial charge in [0.15, 0.2) is 0 Å². The molecule has 1 unspecified atom stereocenters. The molecule has 1 aliphatic rings. The Labute approximate surface area is 155 Å². The van der Waals surface area contributed by atoms with Gasteiger partial charge in [-0.25, -0.2) is 4.79 Å². The zero-order valence-electron chi connectivity index (χ0n) is 16.0. The molecule has 2 rings (SSSR count). The van der Waals surface area contributed by atoms with E-state index in [0.29, 0.717) is 6.54 Å². The Kier molecular flexibility index (Phi) is 6.87. The molecule has 140 valence electrons. The predicted octanol–water partition coefficient (Wildman–Crippen LogP) is 3.62. The Morgan fingerprint density at radius 2 is 1.88 bits per heavy atom. The van der Waals surface area contributed by atoms with Gasteiger partial charge in [0.2, 0.25) is 5.91 Å². The standard InChI is InChI=1S/C19H31N3O2S/c1-13(2)17(18(23)21(4)5)20-19(24)22(15-8-6-7-9-15)12-16-11-10-14(3)25-16/h10-11,13,15,17H,6-9,12H2,1-5H3,(H,20,24). The Hall–Kier alpha value is -1.56. The molecule has 1 aliphatic carbocycles. The van der Waals surface area contributed by atoms with Gasteiger partial charge in [0.1, 0.15) is 6.04 Å². The summed E-state index contributed by atoms with van der Waals surface area (Å²) in [5.74, 6) is -0.00468. The van der Waals surface area contributed by atoms with Gasteiger partial charge < -0.3 is 15.1 Å². The molecule has 0 bridgehead atoms. The summed E-state index contributed by atoms with van der Waals surface area (Å²) in [5, 5.41) is 3.00. The lowest BCUT2D eigenvalue weighted by Gasteiger charge is -2.32. The van der Waals surface area contributed by atoms with E-state index in [2.05, 4.69) is 24.4 Å². The minimum Gasteiger partial charge on any atom is -0.347 e. The monoisotopic (exact) mass is 365 g/mol. The third kappa shape index (κ3) is 5.21. The van der Waals surface area contributed by atoms with Crippen LogP contribution in [0.3, 0.4) is 0 Å². The van der Waals surface area contributed by atoms with Gasteiger partial charge in [-0.1, -0.05) is 26.7 Å². The zero-order valence-corrected chi connectivity index (χ0v) is 16.9. The zero-order chi connectivity index (χ0) is 18.6. The van der Waals surface area contributed by atoms with E-state index in [1.165, 1.54) is 22.6 Å². The van der Waals surface area contributed by atoms with Crippen molar-refractivity contribution in [2.45, 2.75) is 65.1 Å². The quantitative estimate of drug-likeness (QED) is 0.837. The molecule has 5 nitrogen and oxygen atoms in total. The third-order valence-corrected chi connectivity index (χ3v) is 5.79. The first-order valence-corrected chi connectivity index (χ1v) is 9.95. The smallest absolute Gasteiger partial charge is 0.318 e. The van der Waals surface area contributed by atoms with E-state index in [-0.39, 0.29) is 23.9 Å². The van der Waals surface area contributed by atoms with Crippen LogP contribution in [0, 0.1) is 12.8 Å². The van der Waals surface area contributed by atoms with Crippen molar-refractivity contribution in [1.29, 1.82) is 0 Å². The molecule has 1 heterocycles. The number of urea groups is 1. The number of thiophene rings is 1. The highest BCUT2D eigenvalue weighted by Gasteiger charge is 2.31. The van der Waals surface area contributed by atoms with Crippen LogP contribution >= 0.6 is 11.3 Å². The fourth-order valence-corrected chi connectivity index (χ4v) is 4.22. The van der Waals surface area contributed by atoms with Crippen LogP contribution in [-0.4, -0.2) is 47.9 Å². The van der Waals surface area contributed by atoms with E-state index in [1.54, 1.807) is 30.3 Å². The third-order valence-electron chi connectivity index (χ3n) is 4.80. The summed E-state index contributed by atoms with van der Waals surface area (Å²) >= 11 is 1.73. The van der Waals surface area contributed by atoms with Crippen LogP contribution < -0.4 is 5.32 Å². The number of hydrogen-bond acceptors (Lipinski definition) is 3. The van der Waals surface area contributed by atoms with Crippen molar-refractivity contribution in [2.75, 3.05) is 14.1 Å². The van der Waals surface area contributed by atoms with E-state index < -0.39 is 6.04 Å². The summed E-state index contributed by atoms with van der Waals surface area (Å²) in [5.41, 5.74) is 0. The second kappa shape index (κ2) is 8.70. The summed E-state index contributed by atoms with van der Waals surface area (Å²) in [6.45, 7) is 6.64. The fourth-order valence-electron chi connectivity index (χ4n) is 3.33. The number of aryl methyl sites for hydroxylation is 1. The first-order valence-electron chi connectivity index (χ1n) is 9.13. The van der Waals surface area contributed by atoms with Crippen molar-refractivity contribution in [3.8, 4) is 0 Å². The number of hydrogen-bond donors (Lipinski definition) is 1. The number of carbonyl (C=O) groups excluding carboxylic acids is 2. The van der Waals surface area contributed by atoms with E-state index >= 15 is 0 Å². The first-order chi connectivity index (χ1) is 11.8. The summed E-state index contributed by atoms with van der Waals surface area (Å²) in [4.78, 5) is 31.4. The molecule has 0 radical (unpaired) electrons. The number of nitrogens with one attached hydrogen (secondary N) is 1. The summed E-state index contributed by atoms with van der Waals surface area (Å²) in [6, 6.07) is 3.85. The number of rotatable bonds is 6. The van der Waals surface area contributed by atoms with Crippen LogP contribution in [0.4, 0.5) is 4.79 Å². The van der Waals surface area contributed by atoms with Crippen LogP contribution in [0.2, 0.25) is 0 Å². The first kappa shape index (κ1) is 19.8. The van der Waals surface area contributed by atoms with E-state index in [4.69, 9.17) is 0 Å². The Morgan fingerprint density at radius 3 is 2.36 bits per heavy atom. The fraction of sp³-hybridized carbons (Fsp3) is 0.684. The maximum Gasteiger partial charge on any atom is 0.318 e. The average molecular weight is 366 g/mol. The second-order valence-electron chi connectivity index (χ2n) is 7.48. The predicted molar refractivity (Wildman–Crippen MR) is 103 cm³/mol. The normalized spacial score (nSPS) is 16.1. The SMILES string of the molecule is Cc1ccc(CN(C(=O)NC(C(=O)N(C)C)C(C)C)C2CCCC2)s1. The number of nitrogens with zero attached hydrogens (tertiary/aromatic N) is 2. The van der Waals surface area contributed by atoms with Gasteiger partial charge in [-0.15, -0.1) is 11.3 Å². The van der Waals surface area contributed by atoms with Gasteiger partial charge in [-0.3, -0.25) is 4.79 Å². The lowest BCUT2D eigenvalue weighted by molar-refractivity contribution is -0.131. The van der Waals surface area contributed by atoms with Crippen molar-refractivity contribution in [3.05, 3.63) is 21.9 Å². The summed E-state index contributed by atoms with van der Waals surface area (Å²) in [6.07, 6.45) is 4.43. The van der Waals surface area contributed by atoms with Crippen molar-refractivity contribution >= 4 is 23.3 Å². The van der Waals surface area contributed by atoms with Crippen LogP contribution in [0.5, 0.6) is 0 Å². The van der Waals surface area contributed by atoms with Crippen molar-refractivity contribution < 1.29 is 9.59 Å². The van der Waals surface area contributed by atoms with Crippen LogP contribution in [0.15, 0.2) is 12.1 Å². The molecule has 1 aromatic heterocycles. The molecule has 0 aromatic carbocycles. The van der Waals surface area contributed by atoms with Crippen LogP contribution in [-0.2, 0) is 11.3 Å². The maximum absolute atomic E-state index is 13.0. The molecule has 6 heteroatoms. The van der Waals surface area contributed by atoms with E-state index in [1.807, 2.05) is 18.7 Å². The molecular weight excluding hydrogens is 334 g/mol. The van der Waals surface area contributed by atoms with Crippen LogP contribution in [0.25, 0.3) is 0 Å². The molecule has 1 aromatic rings. The van der Waals surface area contributed by atoms with Crippen molar-refractivity contribution in [2.24, 2.45) is 5.92 Å². The highest BCUT2D eigenvalue weighted by molar-refractivity contribution is 7.11. The lowest BCUT2D eigenvalue weighted by atomic mass is 10.0. The molecule has 25 heavy (non-hydrogen) atoms. The minimum atomic E-state index is -0.489. The maximum atomic E-state index is 13.0. The second-order valence-corrected chi connectivity index (χ2v) is 8.85. The minimum absolute atomic E-state index is 0.0493. The van der Waals surface area contributed by atoms with Crippen molar-refractivity contribution in [3.63, 3.8) is 0 Å². The van der Waals surface area contributed by atoms with Crippen molar-refractivity contribution in [1.82, 2.24) is 15.1 Å². The molecular formula is C19H31N3O2S. The summed E-state index contributed by atoms with van der Waals surface area (Å²) in [7, 11) is 3.46. The lowest BCUT2D eigenvalue weighted by Crippen LogP contribution is -2.54. The largest absolute Gasteiger partial charge is 0.347 e. The van der Waals surface area contributed by atoms with Crippen LogP contribution in [0.1, 0.15) is 49.3 Å². The average Bonchev–Trinajstić information content (AvgIpc) is 3.20. The van der Waals surface area contributed by atoms with Gasteiger partial charge in [0.25, 0.3) is 0 Å². The van der Waals surface area contributed by atoms with Gasteiger partial charge in [0.05, 0.1) is 6.54 Å². The highest BCUT2D eigenvalue weighted by Crippen LogP contribution is 2.27. The molecule has 0 spiro atoms. The Morgan fingerprint density at radius 1 is 1.24 bits per heavy atom. The Bertz CT molecular complexity index is 591. The number of carbonyl (C=O) groups is 2. The summed E-state index contributed by atoms with van der Waals surface area (Å²) < 4.78 is 0. The van der Waals surface area contributed by atoms with Gasteiger partial charge in [-0.2, -0.15) is 0 Å². The van der Waals surface area contributed by atoms with Gasteiger partial charge in [-0.05, 0) is 37.8 Å². The molecule has 3 amide bonds. The molecule has 1 saturated carbocycles. The van der Waals surface area contributed by atoms with E-state index in [0.717, 1.165) is 12.8 Å². The number of amides is 3. The Balaban J connectivity index is 2.14. The molecule has 0 saturated heterocycles. The van der Waals surface area contributed by atoms with Gasteiger partial charge >= 0.3 is 6.03 Å².